The summed E-state index contributed by atoms with van der Waals surface area (Å²) < 4.78 is 0. The highest BCUT2D eigenvalue weighted by molar-refractivity contribution is 6.32. The first-order valence-corrected chi connectivity index (χ1v) is 10.9. The van der Waals surface area contributed by atoms with Crippen molar-refractivity contribution in [1.82, 2.24) is 4.90 Å². The molecule has 1 aromatic carbocycles. The summed E-state index contributed by atoms with van der Waals surface area (Å²) in [5.74, 6) is -7.66. The predicted octanol–water partition coefficient (Wildman–Crippen LogP) is 1.78. The number of likely N-dealkylation sites (N-methyl/N-ethyl adjacent to an activating group) is 1. The van der Waals surface area contributed by atoms with Crippen molar-refractivity contribution in [2.24, 2.45) is 11.8 Å². The van der Waals surface area contributed by atoms with Crippen molar-refractivity contribution < 1.29 is 39.9 Å². The number of benzene rings is 1. The highest BCUT2D eigenvalue weighted by Crippen LogP contribution is 2.53. The number of Topliss-reactive ketones (excluding diaryl/α,β-unsaturated/α-hetero) is 2. The molecule has 4 atom stereocenters. The van der Waals surface area contributed by atoms with Gasteiger partial charge >= 0.3 is 5.97 Å². The number of nitrogens with zero attached hydrogens (tertiary/aromatic N) is 1. The van der Waals surface area contributed by atoms with Crippen LogP contribution in [-0.2, 0) is 27.2 Å². The number of aryl methyl sites for hydroxylation is 1. The standard InChI is InChI=1S/C23H24ClNO8/c1-4-8-7-12(24)10-5-9-6-11-16(25(2)3)19(28)15(22(31)32)21(30)23(11,33)20(29)13(9)18(27)14(10)17(8)26/h7,9,11,16,26-27,30,33H,4-6H2,1-3H3,(H,31,32)/t9-,11-,16-,23-/m0/s1. The van der Waals surface area contributed by atoms with Gasteiger partial charge in [-0.3, -0.25) is 14.5 Å². The number of phenols is 1. The number of carbonyl (C=O) groups is 3. The van der Waals surface area contributed by atoms with Crippen LogP contribution in [0.5, 0.6) is 5.75 Å². The first kappa shape index (κ1) is 23.3. The van der Waals surface area contributed by atoms with Gasteiger partial charge in [-0.15, -0.1) is 0 Å². The SMILES string of the molecule is CCc1cc(Cl)c2c(c1O)C(O)=C1C(=O)[C@]3(O)C(O)=C(C(=O)O)C(=O)[C@@H](N(C)C)[C@@H]3C[C@@H]1C2. The van der Waals surface area contributed by atoms with Crippen LogP contribution in [0.1, 0.15) is 30.0 Å². The Labute approximate surface area is 194 Å². The third-order valence-electron chi connectivity index (χ3n) is 7.09. The van der Waals surface area contributed by atoms with Crippen molar-refractivity contribution in [1.29, 1.82) is 0 Å². The lowest BCUT2D eigenvalue weighted by Crippen LogP contribution is -2.65. The molecule has 1 saturated carbocycles. The molecule has 3 aliphatic carbocycles. The van der Waals surface area contributed by atoms with E-state index < -0.39 is 58.1 Å². The van der Waals surface area contributed by atoms with Gasteiger partial charge in [0.05, 0.1) is 11.6 Å². The fourth-order valence-corrected chi connectivity index (χ4v) is 5.86. The molecule has 0 heterocycles. The molecule has 0 spiro atoms. The van der Waals surface area contributed by atoms with Crippen LogP contribution in [0.25, 0.3) is 5.76 Å². The Bertz CT molecular complexity index is 1180. The molecule has 9 nitrogen and oxygen atoms in total. The molecule has 5 N–H and O–H groups in total. The second-order valence-corrected chi connectivity index (χ2v) is 9.38. The van der Waals surface area contributed by atoms with Crippen LogP contribution in [0.15, 0.2) is 23.0 Å². The molecule has 176 valence electrons. The summed E-state index contributed by atoms with van der Waals surface area (Å²) in [6.07, 6.45) is 0.538. The Morgan fingerprint density at radius 3 is 2.42 bits per heavy atom. The van der Waals surface area contributed by atoms with Gasteiger partial charge < -0.3 is 25.5 Å². The largest absolute Gasteiger partial charge is 0.508 e. The average Bonchev–Trinajstić information content (AvgIpc) is 2.72. The summed E-state index contributed by atoms with van der Waals surface area (Å²) in [5, 5.41) is 53.8. The molecule has 1 aromatic rings. The topological polar surface area (TPSA) is 156 Å². The molecule has 0 radical (unpaired) electrons. The van der Waals surface area contributed by atoms with Gasteiger partial charge in [-0.25, -0.2) is 4.79 Å². The number of carbonyl (C=O) groups excluding carboxylic acids is 2. The van der Waals surface area contributed by atoms with Crippen LogP contribution in [0.2, 0.25) is 5.02 Å². The summed E-state index contributed by atoms with van der Waals surface area (Å²) in [6, 6.07) is 0.396. The van der Waals surface area contributed by atoms with Gasteiger partial charge in [0.1, 0.15) is 17.1 Å². The van der Waals surface area contributed by atoms with Crippen LogP contribution >= 0.6 is 11.6 Å². The number of aliphatic hydroxyl groups excluding tert-OH is 2. The van der Waals surface area contributed by atoms with Gasteiger partial charge in [-0.05, 0) is 56.5 Å². The van der Waals surface area contributed by atoms with Gasteiger partial charge in [0.15, 0.2) is 17.1 Å². The van der Waals surface area contributed by atoms with E-state index in [-0.39, 0.29) is 29.7 Å². The smallest absolute Gasteiger partial charge is 0.342 e. The Balaban J connectivity index is 2.00. The first-order chi connectivity index (χ1) is 15.4. The number of phenolic OH excluding ortho intramolecular Hbond substituents is 1. The Morgan fingerprint density at radius 1 is 1.24 bits per heavy atom. The Kier molecular flexibility index (Phi) is 5.35. The molecule has 4 rings (SSSR count). The van der Waals surface area contributed by atoms with E-state index in [1.807, 2.05) is 0 Å². The average molecular weight is 478 g/mol. The minimum Gasteiger partial charge on any atom is -0.508 e. The van der Waals surface area contributed by atoms with Crippen molar-refractivity contribution in [3.8, 4) is 5.75 Å². The van der Waals surface area contributed by atoms with Crippen molar-refractivity contribution >= 4 is 34.9 Å². The van der Waals surface area contributed by atoms with Crippen molar-refractivity contribution in [2.75, 3.05) is 14.1 Å². The molecule has 0 saturated heterocycles. The Hall–Kier alpha value is -2.88. The zero-order chi connectivity index (χ0) is 24.6. The van der Waals surface area contributed by atoms with Crippen LogP contribution in [0.4, 0.5) is 0 Å². The molecule has 3 aliphatic rings. The van der Waals surface area contributed by atoms with E-state index in [0.717, 1.165) is 0 Å². The van der Waals surface area contributed by atoms with Gasteiger partial charge in [-0.2, -0.15) is 0 Å². The van der Waals surface area contributed by atoms with E-state index >= 15 is 0 Å². The highest BCUT2D eigenvalue weighted by atomic mass is 35.5. The molecule has 0 bridgehead atoms. The van der Waals surface area contributed by atoms with Crippen LogP contribution < -0.4 is 0 Å². The second kappa shape index (κ2) is 7.58. The zero-order valence-electron chi connectivity index (χ0n) is 18.2. The van der Waals surface area contributed by atoms with Crippen LogP contribution in [-0.4, -0.2) is 73.7 Å². The number of aromatic hydroxyl groups is 1. The van der Waals surface area contributed by atoms with E-state index in [4.69, 9.17) is 11.6 Å². The maximum absolute atomic E-state index is 13.6. The molecule has 0 unspecified atom stereocenters. The van der Waals surface area contributed by atoms with E-state index in [1.165, 1.54) is 19.0 Å². The number of aliphatic hydroxyl groups is 3. The normalized spacial score (nSPS) is 29.2. The van der Waals surface area contributed by atoms with E-state index in [2.05, 4.69) is 0 Å². The predicted molar refractivity (Wildman–Crippen MR) is 117 cm³/mol. The number of ketones is 2. The van der Waals surface area contributed by atoms with Crippen molar-refractivity contribution in [3.63, 3.8) is 0 Å². The second-order valence-electron chi connectivity index (χ2n) is 8.98. The summed E-state index contributed by atoms with van der Waals surface area (Å²) in [7, 11) is 3.02. The number of carboxylic acid groups (broad SMARTS) is 1. The number of carboxylic acids is 1. The molecular formula is C23H24ClNO8. The third-order valence-corrected chi connectivity index (χ3v) is 7.43. The van der Waals surface area contributed by atoms with Crippen LogP contribution in [0.3, 0.4) is 0 Å². The minimum absolute atomic E-state index is 0.0146. The zero-order valence-corrected chi connectivity index (χ0v) is 19.0. The molecule has 0 aromatic heterocycles. The molecular weight excluding hydrogens is 454 g/mol. The quantitative estimate of drug-likeness (QED) is 0.409. The lowest BCUT2D eigenvalue weighted by atomic mass is 9.57. The minimum atomic E-state index is -2.73. The Morgan fingerprint density at radius 2 is 1.88 bits per heavy atom. The van der Waals surface area contributed by atoms with E-state index in [1.54, 1.807) is 13.0 Å². The van der Waals surface area contributed by atoms with Crippen molar-refractivity contribution in [3.05, 3.63) is 44.7 Å². The maximum Gasteiger partial charge on any atom is 0.342 e. The molecule has 0 amide bonds. The van der Waals surface area contributed by atoms with Crippen molar-refractivity contribution in [2.45, 2.75) is 37.8 Å². The molecule has 33 heavy (non-hydrogen) atoms. The lowest BCUT2D eigenvalue weighted by Gasteiger charge is -2.50. The fourth-order valence-electron chi connectivity index (χ4n) is 5.56. The molecule has 0 aliphatic heterocycles. The third kappa shape index (κ3) is 2.96. The number of halogens is 1. The number of fused-ring (bicyclic) bond motifs is 3. The van der Waals surface area contributed by atoms with Gasteiger partial charge in [0, 0.05) is 16.5 Å². The molecule has 10 heteroatoms. The lowest BCUT2D eigenvalue weighted by molar-refractivity contribution is -0.155. The summed E-state index contributed by atoms with van der Waals surface area (Å²) in [6.45, 7) is 1.78. The van der Waals surface area contributed by atoms with E-state index in [0.29, 0.717) is 22.6 Å². The number of aliphatic carboxylic acids is 1. The van der Waals surface area contributed by atoms with Gasteiger partial charge in [-0.1, -0.05) is 18.5 Å². The maximum atomic E-state index is 13.6. The number of hydrogen-bond acceptors (Lipinski definition) is 8. The van der Waals surface area contributed by atoms with Crippen LogP contribution in [0, 0.1) is 11.8 Å². The first-order valence-electron chi connectivity index (χ1n) is 10.5. The monoisotopic (exact) mass is 477 g/mol. The fraction of sp³-hybridized carbons (Fsp3) is 0.435. The van der Waals surface area contributed by atoms with E-state index in [9.17, 15) is 39.9 Å². The summed E-state index contributed by atoms with van der Waals surface area (Å²) >= 11 is 6.42. The summed E-state index contributed by atoms with van der Waals surface area (Å²) in [5.41, 5.74) is -3.14. The molecule has 1 fully saturated rings. The highest BCUT2D eigenvalue weighted by Gasteiger charge is 2.64. The van der Waals surface area contributed by atoms with Gasteiger partial charge in [0.2, 0.25) is 5.78 Å². The number of rotatable bonds is 3. The van der Waals surface area contributed by atoms with Gasteiger partial charge in [0.25, 0.3) is 0 Å². The summed E-state index contributed by atoms with van der Waals surface area (Å²) in [4.78, 5) is 39.7. The number of hydrogen-bond donors (Lipinski definition) is 5.